The van der Waals surface area contributed by atoms with Crippen molar-refractivity contribution in [2.75, 3.05) is 6.54 Å². The van der Waals surface area contributed by atoms with Crippen molar-refractivity contribution in [2.45, 2.75) is 64.0 Å². The molecule has 3 heterocycles. The fourth-order valence-corrected chi connectivity index (χ4v) is 4.97. The smallest absolute Gasteiger partial charge is 0.151 e. The van der Waals surface area contributed by atoms with Crippen LogP contribution in [0.2, 0.25) is 0 Å². The molecule has 0 radical (unpaired) electrons. The fourth-order valence-electron chi connectivity index (χ4n) is 4.97. The number of hydrogen-bond donors (Lipinski definition) is 3. The highest BCUT2D eigenvalue weighted by Gasteiger charge is 2.53. The Balaban J connectivity index is 1.51. The zero-order chi connectivity index (χ0) is 21.9. The van der Waals surface area contributed by atoms with Gasteiger partial charge in [0.25, 0.3) is 0 Å². The van der Waals surface area contributed by atoms with Gasteiger partial charge >= 0.3 is 0 Å². The van der Waals surface area contributed by atoms with E-state index in [0.29, 0.717) is 29.8 Å². The molecule has 164 valence electrons. The number of halogens is 1. The molecule has 1 saturated carbocycles. The summed E-state index contributed by atoms with van der Waals surface area (Å²) in [7, 11) is 0. The molecule has 3 aromatic rings. The number of aromatic nitrogens is 3. The van der Waals surface area contributed by atoms with Gasteiger partial charge in [-0.1, -0.05) is 6.07 Å². The van der Waals surface area contributed by atoms with Gasteiger partial charge in [-0.25, -0.2) is 14.4 Å². The van der Waals surface area contributed by atoms with E-state index in [9.17, 15) is 14.6 Å². The average molecular weight is 426 g/mol. The van der Waals surface area contributed by atoms with E-state index in [4.69, 9.17) is 4.74 Å². The molecule has 0 saturated heterocycles. The average Bonchev–Trinajstić information content (AvgIpc) is 3.15. The van der Waals surface area contributed by atoms with Gasteiger partial charge in [-0.15, -0.1) is 0 Å². The van der Waals surface area contributed by atoms with Crippen molar-refractivity contribution in [2.24, 2.45) is 0 Å². The van der Waals surface area contributed by atoms with Gasteiger partial charge in [0.05, 0.1) is 11.4 Å². The number of benzene rings is 1. The molecule has 2 aromatic heterocycles. The number of nitrogens with zero attached hydrogens (tertiary/aromatic N) is 3. The van der Waals surface area contributed by atoms with Crippen LogP contribution in [0.4, 0.5) is 4.39 Å². The molecule has 8 heteroatoms. The molecule has 1 aliphatic carbocycles. The SMILES string of the molecule is Cc1cc2c(c(OC3CC(n4cc(F)c5cnc(C)nc54)[C@@](C)(O)[C@@H]3O)c1)CNCC2. The lowest BCUT2D eigenvalue weighted by atomic mass is 9.97. The molecule has 2 aliphatic rings. The van der Waals surface area contributed by atoms with Gasteiger partial charge in [-0.2, -0.15) is 0 Å². The van der Waals surface area contributed by atoms with Crippen LogP contribution in [-0.2, 0) is 13.0 Å². The number of aliphatic hydroxyl groups excluding tert-OH is 1. The van der Waals surface area contributed by atoms with Crippen LogP contribution in [0.5, 0.6) is 5.75 Å². The first-order chi connectivity index (χ1) is 14.8. The maximum atomic E-state index is 14.5. The molecule has 1 aromatic carbocycles. The number of aliphatic hydroxyl groups is 2. The molecule has 4 atom stereocenters. The molecule has 0 bridgehead atoms. The van der Waals surface area contributed by atoms with E-state index in [1.807, 2.05) is 13.0 Å². The Hall–Kier alpha value is -2.55. The summed E-state index contributed by atoms with van der Waals surface area (Å²) in [4.78, 5) is 8.45. The van der Waals surface area contributed by atoms with Gasteiger partial charge < -0.3 is 24.8 Å². The summed E-state index contributed by atoms with van der Waals surface area (Å²) in [5.74, 6) is 0.782. The molecule has 1 aliphatic heterocycles. The van der Waals surface area contributed by atoms with E-state index in [0.717, 1.165) is 29.8 Å². The second-order valence-electron chi connectivity index (χ2n) is 8.94. The van der Waals surface area contributed by atoms with Crippen LogP contribution in [0.15, 0.2) is 24.5 Å². The second-order valence-corrected chi connectivity index (χ2v) is 8.94. The lowest BCUT2D eigenvalue weighted by Gasteiger charge is -2.30. The fraction of sp³-hybridized carbons (Fsp3) is 0.478. The zero-order valence-electron chi connectivity index (χ0n) is 17.9. The highest BCUT2D eigenvalue weighted by molar-refractivity contribution is 5.76. The Kier molecular flexibility index (Phi) is 4.76. The van der Waals surface area contributed by atoms with Crippen LogP contribution < -0.4 is 10.1 Å². The lowest BCUT2D eigenvalue weighted by molar-refractivity contribution is -0.0841. The minimum Gasteiger partial charge on any atom is -0.487 e. The van der Waals surface area contributed by atoms with Crippen LogP contribution in [0, 0.1) is 19.7 Å². The van der Waals surface area contributed by atoms with Crippen LogP contribution >= 0.6 is 0 Å². The summed E-state index contributed by atoms with van der Waals surface area (Å²) in [5.41, 5.74) is 2.31. The number of fused-ring (bicyclic) bond motifs is 2. The van der Waals surface area contributed by atoms with E-state index in [1.165, 1.54) is 18.0 Å². The summed E-state index contributed by atoms with van der Waals surface area (Å²) >= 11 is 0. The van der Waals surface area contributed by atoms with Crippen LogP contribution in [0.25, 0.3) is 11.0 Å². The maximum Gasteiger partial charge on any atom is 0.151 e. The largest absolute Gasteiger partial charge is 0.487 e. The lowest BCUT2D eigenvalue weighted by Crippen LogP contribution is -2.44. The molecular weight excluding hydrogens is 399 g/mol. The van der Waals surface area contributed by atoms with Gasteiger partial charge in [0.1, 0.15) is 35.0 Å². The first-order valence-corrected chi connectivity index (χ1v) is 10.7. The Morgan fingerprint density at radius 3 is 2.94 bits per heavy atom. The third-order valence-corrected chi connectivity index (χ3v) is 6.66. The Morgan fingerprint density at radius 1 is 1.32 bits per heavy atom. The predicted molar refractivity (Wildman–Crippen MR) is 114 cm³/mol. The van der Waals surface area contributed by atoms with Crippen molar-refractivity contribution in [1.82, 2.24) is 19.9 Å². The zero-order valence-corrected chi connectivity index (χ0v) is 17.9. The van der Waals surface area contributed by atoms with Crippen molar-refractivity contribution in [1.29, 1.82) is 0 Å². The van der Waals surface area contributed by atoms with Gasteiger partial charge in [-0.05, 0) is 50.9 Å². The maximum absolute atomic E-state index is 14.5. The molecule has 2 unspecified atom stereocenters. The standard InChI is InChI=1S/C23H27FN4O3/c1-12-6-14-4-5-25-9-15(14)18(7-12)31-19-8-20(23(3,30)21(19)29)28-11-17(24)16-10-26-13(2)27-22(16)28/h6-7,10-11,19-21,25,29-30H,4-5,8-9H2,1-3H3/t19?,20?,21-,23-/m1/s1. The summed E-state index contributed by atoms with van der Waals surface area (Å²) < 4.78 is 22.5. The number of ether oxygens (including phenoxy) is 1. The Morgan fingerprint density at radius 2 is 2.13 bits per heavy atom. The molecule has 7 nitrogen and oxygen atoms in total. The minimum atomic E-state index is -1.52. The molecule has 31 heavy (non-hydrogen) atoms. The molecule has 1 fully saturated rings. The van der Waals surface area contributed by atoms with Crippen LogP contribution in [0.3, 0.4) is 0 Å². The third kappa shape index (κ3) is 3.30. The molecule has 0 spiro atoms. The highest BCUT2D eigenvalue weighted by atomic mass is 19.1. The first kappa shape index (κ1) is 20.4. The Bertz CT molecular complexity index is 1160. The minimum absolute atomic E-state index is 0.291. The van der Waals surface area contributed by atoms with Crippen molar-refractivity contribution < 1.29 is 19.3 Å². The molecule has 3 N–H and O–H groups in total. The summed E-state index contributed by atoms with van der Waals surface area (Å²) in [6.45, 7) is 6.95. The van der Waals surface area contributed by atoms with Gasteiger partial charge in [-0.3, -0.25) is 0 Å². The normalized spacial score (nSPS) is 28.1. The highest BCUT2D eigenvalue weighted by Crippen LogP contribution is 2.43. The summed E-state index contributed by atoms with van der Waals surface area (Å²) in [6.07, 6.45) is 2.23. The number of nitrogens with one attached hydrogen (secondary N) is 1. The predicted octanol–water partition coefficient (Wildman–Crippen LogP) is 2.34. The quantitative estimate of drug-likeness (QED) is 0.595. The second kappa shape index (κ2) is 7.25. The Labute approximate surface area is 179 Å². The van der Waals surface area contributed by atoms with Crippen LogP contribution in [0.1, 0.15) is 41.9 Å². The van der Waals surface area contributed by atoms with E-state index in [-0.39, 0.29) is 0 Å². The third-order valence-electron chi connectivity index (χ3n) is 6.66. The van der Waals surface area contributed by atoms with Gasteiger partial charge in [0.15, 0.2) is 5.82 Å². The van der Waals surface area contributed by atoms with Gasteiger partial charge in [0.2, 0.25) is 0 Å². The number of hydrogen-bond acceptors (Lipinski definition) is 6. The molecule has 0 amide bonds. The van der Waals surface area contributed by atoms with E-state index in [1.54, 1.807) is 18.4 Å². The number of rotatable bonds is 3. The summed E-state index contributed by atoms with van der Waals surface area (Å²) in [5, 5.41) is 25.9. The van der Waals surface area contributed by atoms with E-state index < -0.39 is 29.7 Å². The van der Waals surface area contributed by atoms with Crippen molar-refractivity contribution >= 4 is 11.0 Å². The topological polar surface area (TPSA) is 92.4 Å². The first-order valence-electron chi connectivity index (χ1n) is 10.7. The van der Waals surface area contributed by atoms with Crippen molar-refractivity contribution in [3.63, 3.8) is 0 Å². The number of aryl methyl sites for hydroxylation is 2. The monoisotopic (exact) mass is 426 g/mol. The molecule has 5 rings (SSSR count). The van der Waals surface area contributed by atoms with Crippen LogP contribution in [-0.4, -0.2) is 49.1 Å². The van der Waals surface area contributed by atoms with Crippen molar-refractivity contribution in [3.05, 3.63) is 52.9 Å². The van der Waals surface area contributed by atoms with Gasteiger partial charge in [0, 0.05) is 30.9 Å². The summed E-state index contributed by atoms with van der Waals surface area (Å²) in [6, 6.07) is 3.54. The van der Waals surface area contributed by atoms with E-state index in [2.05, 4.69) is 21.4 Å². The van der Waals surface area contributed by atoms with E-state index >= 15 is 0 Å². The molecular formula is C23H27FN4O3. The van der Waals surface area contributed by atoms with Crippen molar-refractivity contribution in [3.8, 4) is 5.75 Å².